The smallest absolute Gasteiger partial charge is 0.462 e. The van der Waals surface area contributed by atoms with Crippen LogP contribution >= 0.6 is 7.82 Å². The molecule has 2 atom stereocenters. The van der Waals surface area contributed by atoms with E-state index in [4.69, 9.17) is 24.3 Å². The Labute approximate surface area is 448 Å². The molecule has 0 aliphatic carbocycles. The van der Waals surface area contributed by atoms with Crippen molar-refractivity contribution in [2.75, 3.05) is 26.4 Å². The van der Waals surface area contributed by atoms with Crippen molar-refractivity contribution in [3.05, 3.63) is 109 Å². The molecule has 10 heteroatoms. The number of carbonyl (C=O) groups excluding carboxylic acids is 2. The summed E-state index contributed by atoms with van der Waals surface area (Å²) in [5.41, 5.74) is 5.38. The average molecular weight is 1040 g/mol. The molecule has 0 aliphatic heterocycles. The molecule has 418 valence electrons. The maximum Gasteiger partial charge on any atom is 0.472 e. The molecule has 0 amide bonds. The van der Waals surface area contributed by atoms with Crippen molar-refractivity contribution in [3.63, 3.8) is 0 Å². The van der Waals surface area contributed by atoms with E-state index in [9.17, 15) is 19.0 Å². The Morgan fingerprint density at radius 2 is 0.753 bits per heavy atom. The molecule has 0 radical (unpaired) electrons. The molecule has 0 saturated heterocycles. The zero-order valence-corrected chi connectivity index (χ0v) is 47.5. The SMILES string of the molecule is CC/C=C\C/C=C\C/C=C\C/C=C\C/C=C\C/C=C\CCCCCCCCCCCCCCC(=O)OC(COC(=O)CCCCCCCC/C=C\C/C=C\C/C=C\CCCCCCC)COP(=O)(O)OCCN. The molecule has 3 N–H and O–H groups in total. The van der Waals surface area contributed by atoms with Gasteiger partial charge in [-0.2, -0.15) is 0 Å². The number of hydrogen-bond donors (Lipinski definition) is 2. The minimum absolute atomic E-state index is 0.0462. The molecule has 0 fully saturated rings. The lowest BCUT2D eigenvalue weighted by Crippen LogP contribution is -2.29. The molecule has 0 rings (SSSR count). The van der Waals surface area contributed by atoms with Crippen molar-refractivity contribution in [2.45, 2.75) is 251 Å². The van der Waals surface area contributed by atoms with Gasteiger partial charge in [-0.1, -0.05) is 239 Å². The van der Waals surface area contributed by atoms with Gasteiger partial charge in [-0.05, 0) is 103 Å². The lowest BCUT2D eigenvalue weighted by Gasteiger charge is -2.19. The second-order valence-electron chi connectivity index (χ2n) is 19.1. The van der Waals surface area contributed by atoms with Gasteiger partial charge in [0.25, 0.3) is 0 Å². The highest BCUT2D eigenvalue weighted by Crippen LogP contribution is 2.43. The molecule has 2 unspecified atom stereocenters. The monoisotopic (exact) mass is 1040 g/mol. The van der Waals surface area contributed by atoms with Crippen LogP contribution in [0.15, 0.2) is 109 Å². The Morgan fingerprint density at radius 1 is 0.425 bits per heavy atom. The standard InChI is InChI=1S/C63H108NO8P/c1-3-5-7-9-11-13-15-17-19-21-23-25-26-27-28-29-30-31-32-33-34-36-38-40-42-44-46-48-50-52-54-56-63(66)72-61(60-71-73(67,68)70-58-57-64)59-69-62(65)55-53-51-49-47-45-43-41-39-37-35-24-22-20-18-16-14-12-10-8-6-4-2/h5,7,11,13,16-19,22-25,27-28,30-31,37,39,61H,3-4,6,8-10,12,14-15,20-21,26,29,32-36,38,40-60,64H2,1-2H3,(H,67,68)/b7-5-,13-11-,18-16-,19-17-,24-22-,25-23-,28-27-,31-30-,39-37-. The van der Waals surface area contributed by atoms with E-state index in [2.05, 4.69) is 123 Å². The molecule has 0 bridgehead atoms. The fourth-order valence-electron chi connectivity index (χ4n) is 7.82. The van der Waals surface area contributed by atoms with Gasteiger partial charge in [-0.3, -0.25) is 18.6 Å². The van der Waals surface area contributed by atoms with Crippen molar-refractivity contribution < 1.29 is 37.6 Å². The van der Waals surface area contributed by atoms with Crippen LogP contribution in [0.4, 0.5) is 0 Å². The number of esters is 2. The van der Waals surface area contributed by atoms with Crippen LogP contribution in [0.1, 0.15) is 245 Å². The Morgan fingerprint density at radius 3 is 1.12 bits per heavy atom. The number of phosphoric acid groups is 1. The van der Waals surface area contributed by atoms with E-state index in [-0.39, 0.29) is 32.6 Å². The quantitative estimate of drug-likeness (QED) is 0.0264. The van der Waals surface area contributed by atoms with Crippen LogP contribution in [0.2, 0.25) is 0 Å². The number of allylic oxidation sites excluding steroid dienone is 18. The fraction of sp³-hybridized carbons (Fsp3) is 0.683. The van der Waals surface area contributed by atoms with Crippen LogP contribution in [0.5, 0.6) is 0 Å². The Bertz CT molecular complexity index is 1560. The Balaban J connectivity index is 4.01. The van der Waals surface area contributed by atoms with E-state index < -0.39 is 32.5 Å². The van der Waals surface area contributed by atoms with Gasteiger partial charge in [0, 0.05) is 19.4 Å². The van der Waals surface area contributed by atoms with Crippen molar-refractivity contribution in [2.24, 2.45) is 5.73 Å². The summed E-state index contributed by atoms with van der Waals surface area (Å²) >= 11 is 0. The van der Waals surface area contributed by atoms with Gasteiger partial charge in [0.1, 0.15) is 6.61 Å². The van der Waals surface area contributed by atoms with E-state index in [1.807, 2.05) is 0 Å². The van der Waals surface area contributed by atoms with Gasteiger partial charge >= 0.3 is 19.8 Å². The van der Waals surface area contributed by atoms with Crippen LogP contribution < -0.4 is 5.73 Å². The number of unbranched alkanes of at least 4 members (excludes halogenated alkanes) is 23. The van der Waals surface area contributed by atoms with Crippen molar-refractivity contribution in [3.8, 4) is 0 Å². The second kappa shape index (κ2) is 57.9. The molecule has 0 saturated carbocycles. The van der Waals surface area contributed by atoms with Crippen LogP contribution in [-0.2, 0) is 32.7 Å². The first-order valence-corrected chi connectivity index (χ1v) is 30.9. The van der Waals surface area contributed by atoms with Gasteiger partial charge in [0.15, 0.2) is 6.10 Å². The van der Waals surface area contributed by atoms with E-state index in [1.165, 1.54) is 103 Å². The fourth-order valence-corrected chi connectivity index (χ4v) is 8.59. The number of phosphoric ester groups is 1. The predicted molar refractivity (Wildman–Crippen MR) is 311 cm³/mol. The first-order valence-electron chi connectivity index (χ1n) is 29.4. The minimum atomic E-state index is -4.40. The van der Waals surface area contributed by atoms with E-state index in [1.54, 1.807) is 0 Å². The first kappa shape index (κ1) is 69.7. The minimum Gasteiger partial charge on any atom is -0.462 e. The normalized spacial score (nSPS) is 13.9. The molecular weight excluding hydrogens is 930 g/mol. The van der Waals surface area contributed by atoms with Crippen LogP contribution in [0, 0.1) is 0 Å². The number of carbonyl (C=O) groups is 2. The topological polar surface area (TPSA) is 134 Å². The molecule has 0 aromatic heterocycles. The molecule has 9 nitrogen and oxygen atoms in total. The van der Waals surface area contributed by atoms with E-state index in [0.717, 1.165) is 103 Å². The lowest BCUT2D eigenvalue weighted by atomic mass is 10.0. The first-order chi connectivity index (χ1) is 35.8. The molecule has 0 aromatic carbocycles. The molecule has 73 heavy (non-hydrogen) atoms. The third kappa shape index (κ3) is 57.8. The molecular formula is C63H108NO8P. The summed E-state index contributed by atoms with van der Waals surface area (Å²) in [4.78, 5) is 35.2. The van der Waals surface area contributed by atoms with Crippen molar-refractivity contribution in [1.82, 2.24) is 0 Å². The number of rotatable bonds is 54. The number of nitrogens with two attached hydrogens (primary N) is 1. The maximum atomic E-state index is 12.7. The number of hydrogen-bond acceptors (Lipinski definition) is 8. The summed E-state index contributed by atoms with van der Waals surface area (Å²) in [6, 6.07) is 0. The van der Waals surface area contributed by atoms with Gasteiger partial charge in [-0.25, -0.2) is 4.57 Å². The van der Waals surface area contributed by atoms with Crippen LogP contribution in [0.25, 0.3) is 0 Å². The van der Waals surface area contributed by atoms with Crippen LogP contribution in [0.3, 0.4) is 0 Å². The summed E-state index contributed by atoms with van der Waals surface area (Å²) in [5.74, 6) is -0.847. The summed E-state index contributed by atoms with van der Waals surface area (Å²) in [6.07, 6.45) is 78.5. The van der Waals surface area contributed by atoms with Crippen molar-refractivity contribution >= 4 is 19.8 Å². The maximum absolute atomic E-state index is 12.7. The number of ether oxygens (including phenoxy) is 2. The lowest BCUT2D eigenvalue weighted by molar-refractivity contribution is -0.161. The van der Waals surface area contributed by atoms with Gasteiger partial charge in [0.05, 0.1) is 13.2 Å². The van der Waals surface area contributed by atoms with Gasteiger partial charge in [0.2, 0.25) is 0 Å². The largest absolute Gasteiger partial charge is 0.472 e. The zero-order valence-electron chi connectivity index (χ0n) is 46.6. The third-order valence-electron chi connectivity index (χ3n) is 12.1. The Hall–Kier alpha value is -3.33. The average Bonchev–Trinajstić information content (AvgIpc) is 3.38. The summed E-state index contributed by atoms with van der Waals surface area (Å²) in [5, 5.41) is 0. The Kier molecular flexibility index (Phi) is 55.3. The summed E-state index contributed by atoms with van der Waals surface area (Å²) in [6.45, 7) is 3.60. The van der Waals surface area contributed by atoms with Gasteiger partial charge in [-0.15, -0.1) is 0 Å². The highest BCUT2D eigenvalue weighted by atomic mass is 31.2. The van der Waals surface area contributed by atoms with Gasteiger partial charge < -0.3 is 20.1 Å². The van der Waals surface area contributed by atoms with Crippen molar-refractivity contribution in [1.29, 1.82) is 0 Å². The highest BCUT2D eigenvalue weighted by molar-refractivity contribution is 7.47. The molecule has 0 aliphatic rings. The zero-order chi connectivity index (χ0) is 53.1. The predicted octanol–water partition coefficient (Wildman–Crippen LogP) is 18.6. The molecule has 0 aromatic rings. The van der Waals surface area contributed by atoms with E-state index in [0.29, 0.717) is 12.8 Å². The third-order valence-corrected chi connectivity index (χ3v) is 13.1. The molecule has 0 spiro atoms. The summed E-state index contributed by atoms with van der Waals surface area (Å²) in [7, 11) is -4.40. The van der Waals surface area contributed by atoms with Crippen LogP contribution in [-0.4, -0.2) is 49.3 Å². The summed E-state index contributed by atoms with van der Waals surface area (Å²) < 4.78 is 33.0. The highest BCUT2D eigenvalue weighted by Gasteiger charge is 2.26. The second-order valence-corrected chi connectivity index (χ2v) is 20.6. The van der Waals surface area contributed by atoms with E-state index >= 15 is 0 Å². The molecule has 0 heterocycles.